The lowest BCUT2D eigenvalue weighted by Crippen LogP contribution is -2.27. The predicted octanol–water partition coefficient (Wildman–Crippen LogP) is 3.72. The van der Waals surface area contributed by atoms with Crippen LogP contribution in [0.1, 0.15) is 27.7 Å². The van der Waals surface area contributed by atoms with Gasteiger partial charge in [-0.2, -0.15) is 0 Å². The Kier molecular flexibility index (Phi) is 14.4. The molecule has 0 aliphatic heterocycles. The maximum absolute atomic E-state index is 5.63. The molecule has 0 heterocycles. The van der Waals surface area contributed by atoms with E-state index in [0.717, 1.165) is 59.5 Å². The second-order valence-electron chi connectivity index (χ2n) is 4.19. The molecule has 0 saturated heterocycles. The van der Waals surface area contributed by atoms with Gasteiger partial charge in [-0.3, -0.25) is 0 Å². The van der Waals surface area contributed by atoms with Crippen molar-refractivity contribution in [2.24, 2.45) is 0 Å². The summed E-state index contributed by atoms with van der Waals surface area (Å²) in [5.74, 6) is 1.83. The van der Waals surface area contributed by atoms with E-state index in [9.17, 15) is 0 Å². The van der Waals surface area contributed by atoms with Gasteiger partial charge in [0.1, 0.15) is 8.64 Å². The molecule has 0 N–H and O–H groups in total. The minimum absolute atomic E-state index is 0.741. The Labute approximate surface area is 149 Å². The topological polar surface area (TPSA) is 15.7 Å². The van der Waals surface area contributed by atoms with Crippen molar-refractivity contribution in [3.8, 4) is 0 Å². The van der Waals surface area contributed by atoms with Gasteiger partial charge in [-0.25, -0.2) is 0 Å². The third kappa shape index (κ3) is 9.94. The van der Waals surface area contributed by atoms with Crippen molar-refractivity contribution in [2.75, 3.05) is 50.9 Å². The van der Waals surface area contributed by atoms with Gasteiger partial charge < -0.3 is 14.5 Å². The summed E-state index contributed by atoms with van der Waals surface area (Å²) in [5.41, 5.74) is 0. The van der Waals surface area contributed by atoms with Gasteiger partial charge in [-0.05, 0) is 27.7 Å². The van der Waals surface area contributed by atoms with E-state index < -0.39 is 0 Å². The van der Waals surface area contributed by atoms with Gasteiger partial charge >= 0.3 is 0 Å². The number of rotatable bonds is 10. The molecule has 124 valence electrons. The van der Waals surface area contributed by atoms with Crippen LogP contribution in [0, 0.1) is 0 Å². The Balaban J connectivity index is 3.57. The molecule has 0 aromatic heterocycles. The normalized spacial score (nSPS) is 10.5. The van der Waals surface area contributed by atoms with Crippen LogP contribution in [-0.4, -0.2) is 69.3 Å². The minimum atomic E-state index is 0.741. The van der Waals surface area contributed by atoms with Gasteiger partial charge in [0.2, 0.25) is 0 Å². The van der Waals surface area contributed by atoms with Crippen molar-refractivity contribution in [3.63, 3.8) is 0 Å². The highest BCUT2D eigenvalue weighted by Gasteiger charge is 2.06. The molecule has 0 aromatic carbocycles. The van der Waals surface area contributed by atoms with E-state index in [-0.39, 0.29) is 0 Å². The van der Waals surface area contributed by atoms with Crippen LogP contribution in [0.15, 0.2) is 0 Å². The fourth-order valence-electron chi connectivity index (χ4n) is 1.62. The molecule has 0 rings (SSSR count). The largest absolute Gasteiger partial charge is 0.380 e. The fourth-order valence-corrected chi connectivity index (χ4v) is 4.27. The zero-order valence-electron chi connectivity index (χ0n) is 13.6. The third-order valence-corrected chi connectivity index (χ3v) is 5.93. The lowest BCUT2D eigenvalue weighted by Gasteiger charge is -2.21. The van der Waals surface area contributed by atoms with Gasteiger partial charge in [0, 0.05) is 37.7 Å². The Hall–Kier alpha value is 0.440. The van der Waals surface area contributed by atoms with E-state index in [2.05, 4.69) is 37.5 Å². The molecule has 0 spiro atoms. The van der Waals surface area contributed by atoms with Crippen molar-refractivity contribution >= 4 is 56.6 Å². The quantitative estimate of drug-likeness (QED) is 0.426. The van der Waals surface area contributed by atoms with Crippen LogP contribution in [0.25, 0.3) is 0 Å². The second kappa shape index (κ2) is 14.1. The molecule has 3 nitrogen and oxygen atoms in total. The van der Waals surface area contributed by atoms with Crippen LogP contribution in [0.4, 0.5) is 0 Å². The minimum Gasteiger partial charge on any atom is -0.380 e. The summed E-state index contributed by atoms with van der Waals surface area (Å²) in [6, 6.07) is 0. The molecule has 0 unspecified atom stereocenters. The number of nitrogens with zero attached hydrogens (tertiary/aromatic N) is 2. The molecule has 21 heavy (non-hydrogen) atoms. The Morgan fingerprint density at radius 1 is 0.762 bits per heavy atom. The van der Waals surface area contributed by atoms with Crippen molar-refractivity contribution < 1.29 is 4.74 Å². The fraction of sp³-hybridized carbons (Fsp3) is 0.857. The summed E-state index contributed by atoms with van der Waals surface area (Å²) in [5, 5.41) is 0. The van der Waals surface area contributed by atoms with E-state index in [1.165, 1.54) is 0 Å². The first kappa shape index (κ1) is 21.4. The van der Waals surface area contributed by atoms with Crippen molar-refractivity contribution in [2.45, 2.75) is 27.7 Å². The number of thioether (sulfide) groups is 2. The summed E-state index contributed by atoms with van der Waals surface area (Å²) in [4.78, 5) is 4.39. The molecule has 0 fully saturated rings. The smallest absolute Gasteiger partial charge is 0.136 e. The van der Waals surface area contributed by atoms with E-state index in [1.54, 1.807) is 23.5 Å². The van der Waals surface area contributed by atoms with Gasteiger partial charge in [-0.1, -0.05) is 48.0 Å². The van der Waals surface area contributed by atoms with Gasteiger partial charge in [-0.15, -0.1) is 0 Å². The van der Waals surface area contributed by atoms with Gasteiger partial charge in [0.25, 0.3) is 0 Å². The maximum atomic E-state index is 5.63. The second-order valence-corrected chi connectivity index (χ2v) is 7.64. The number of hydrogen-bond donors (Lipinski definition) is 0. The molecule has 0 saturated carbocycles. The van der Waals surface area contributed by atoms with Crippen LogP contribution in [0.5, 0.6) is 0 Å². The average molecular weight is 369 g/mol. The van der Waals surface area contributed by atoms with Crippen LogP contribution < -0.4 is 0 Å². The third-order valence-electron chi connectivity index (χ3n) is 2.95. The summed E-state index contributed by atoms with van der Waals surface area (Å²) in [6.07, 6.45) is 0. The molecule has 7 heteroatoms. The van der Waals surface area contributed by atoms with E-state index in [1.807, 2.05) is 0 Å². The molecule has 0 radical (unpaired) electrons. The lowest BCUT2D eigenvalue weighted by atomic mass is 10.6. The zero-order chi connectivity index (χ0) is 16.1. The molecule has 0 aliphatic rings. The molecule has 0 aromatic rings. The van der Waals surface area contributed by atoms with E-state index >= 15 is 0 Å². The molecule has 0 amide bonds. The first-order chi connectivity index (χ1) is 10.1. The molecule has 0 aliphatic carbocycles. The summed E-state index contributed by atoms with van der Waals surface area (Å²) in [6.45, 7) is 13.9. The number of hydrogen-bond acceptors (Lipinski definition) is 5. The van der Waals surface area contributed by atoms with Crippen LogP contribution in [0.2, 0.25) is 0 Å². The SMILES string of the molecule is CCN(CC)C(=S)SCCOCCSC(=S)N(CC)CC. The summed E-state index contributed by atoms with van der Waals surface area (Å²) in [7, 11) is 0. The molecule has 0 bridgehead atoms. The predicted molar refractivity (Wildman–Crippen MR) is 107 cm³/mol. The van der Waals surface area contributed by atoms with E-state index in [0.29, 0.717) is 0 Å². The van der Waals surface area contributed by atoms with E-state index in [4.69, 9.17) is 29.2 Å². The van der Waals surface area contributed by atoms with Crippen molar-refractivity contribution in [1.82, 2.24) is 9.80 Å². The highest BCUT2D eigenvalue weighted by molar-refractivity contribution is 8.23. The summed E-state index contributed by atoms with van der Waals surface area (Å²) >= 11 is 14.1. The monoisotopic (exact) mass is 368 g/mol. The van der Waals surface area contributed by atoms with Gasteiger partial charge in [0.15, 0.2) is 0 Å². The Morgan fingerprint density at radius 3 is 1.38 bits per heavy atom. The number of thiocarbonyl (C=S) groups is 2. The average Bonchev–Trinajstić information content (AvgIpc) is 2.48. The molecular weight excluding hydrogens is 340 g/mol. The highest BCUT2D eigenvalue weighted by Crippen LogP contribution is 2.10. The zero-order valence-corrected chi connectivity index (χ0v) is 16.9. The lowest BCUT2D eigenvalue weighted by molar-refractivity contribution is 0.167. The Bertz CT molecular complexity index is 267. The van der Waals surface area contributed by atoms with Crippen LogP contribution in [-0.2, 0) is 4.74 Å². The number of ether oxygens (including phenoxy) is 1. The molecular formula is C14H28N2OS4. The molecule has 0 atom stereocenters. The highest BCUT2D eigenvalue weighted by atomic mass is 32.2. The van der Waals surface area contributed by atoms with Crippen molar-refractivity contribution in [3.05, 3.63) is 0 Å². The first-order valence-electron chi connectivity index (χ1n) is 7.51. The Morgan fingerprint density at radius 2 is 1.10 bits per heavy atom. The first-order valence-corrected chi connectivity index (χ1v) is 10.3. The standard InChI is InChI=1S/C14H28N2OS4/c1-5-15(6-2)13(18)20-11-9-17-10-12-21-14(19)16(7-3)8-4/h5-12H2,1-4H3. The van der Waals surface area contributed by atoms with Crippen LogP contribution in [0.3, 0.4) is 0 Å². The maximum Gasteiger partial charge on any atom is 0.136 e. The summed E-state index contributed by atoms with van der Waals surface area (Å²) < 4.78 is 7.58. The van der Waals surface area contributed by atoms with Crippen LogP contribution >= 0.6 is 48.0 Å². The van der Waals surface area contributed by atoms with Crippen molar-refractivity contribution in [1.29, 1.82) is 0 Å². The van der Waals surface area contributed by atoms with Gasteiger partial charge in [0.05, 0.1) is 13.2 Å².